The van der Waals surface area contributed by atoms with E-state index in [1.807, 2.05) is 0 Å². The molecule has 2 aliphatic heterocycles. The van der Waals surface area contributed by atoms with Crippen LogP contribution < -0.4 is 20.0 Å². The molecule has 2 aromatic carbocycles. The Hall–Kier alpha value is -6.88. The molecular formula is C46H47Cl2F4N13O8S2. The minimum absolute atomic E-state index is 0.0826. The first-order chi connectivity index (χ1) is 35.9. The summed E-state index contributed by atoms with van der Waals surface area (Å²) >= 11 is 4.14. The molecule has 6 aromatic heterocycles. The van der Waals surface area contributed by atoms with E-state index in [0.717, 1.165) is 44.3 Å². The number of rotatable bonds is 13. The van der Waals surface area contributed by atoms with Crippen LogP contribution in [-0.4, -0.2) is 122 Å². The lowest BCUT2D eigenvalue weighted by atomic mass is 10.1. The number of nitrogens with two attached hydrogens (primary N) is 1. The fourth-order valence-corrected chi connectivity index (χ4v) is 8.52. The van der Waals surface area contributed by atoms with Crippen molar-refractivity contribution >= 4 is 41.5 Å². The van der Waals surface area contributed by atoms with Crippen molar-refractivity contribution in [2.24, 2.45) is 5.25 Å². The molecule has 2 unspecified atom stereocenters. The first kappa shape index (κ1) is 55.9. The summed E-state index contributed by atoms with van der Waals surface area (Å²) in [6.07, 6.45) is 9.12. The van der Waals surface area contributed by atoms with Crippen LogP contribution in [0.1, 0.15) is 36.8 Å². The van der Waals surface area contributed by atoms with Crippen molar-refractivity contribution in [3.8, 4) is 57.6 Å². The fourth-order valence-electron chi connectivity index (χ4n) is 7.62. The van der Waals surface area contributed by atoms with E-state index < -0.39 is 36.8 Å². The summed E-state index contributed by atoms with van der Waals surface area (Å²) in [5, 5.41) is 24.2. The van der Waals surface area contributed by atoms with Crippen LogP contribution in [0.25, 0.3) is 45.8 Å². The van der Waals surface area contributed by atoms with Gasteiger partial charge in [0.25, 0.3) is 11.8 Å². The highest BCUT2D eigenvalue weighted by Crippen LogP contribution is 2.30. The molecular weight excluding hydrogens is 1070 g/mol. The number of piperidine rings is 2. The predicted octanol–water partition coefficient (Wildman–Crippen LogP) is 6.86. The average molecular weight is 1120 g/mol. The van der Waals surface area contributed by atoms with Crippen LogP contribution in [0.3, 0.4) is 0 Å². The summed E-state index contributed by atoms with van der Waals surface area (Å²) in [5.74, 6) is -2.28. The van der Waals surface area contributed by atoms with Gasteiger partial charge in [0, 0.05) is 47.0 Å². The highest BCUT2D eigenvalue weighted by Gasteiger charge is 2.29. The lowest BCUT2D eigenvalue weighted by Crippen LogP contribution is -2.44. The number of nitrogens with zero attached hydrogens (tertiary/aromatic N) is 11. The number of hydrogen-bond donors (Lipinski definition) is 2. The van der Waals surface area contributed by atoms with Crippen molar-refractivity contribution in [3.05, 3.63) is 132 Å². The van der Waals surface area contributed by atoms with Gasteiger partial charge in [0.15, 0.2) is 11.6 Å². The van der Waals surface area contributed by atoms with Crippen molar-refractivity contribution in [1.82, 2.24) is 59.4 Å². The molecule has 3 N–H and O–H groups in total. The minimum Gasteiger partial charge on any atom is -0.471 e. The van der Waals surface area contributed by atoms with Gasteiger partial charge in [0.2, 0.25) is 30.7 Å². The van der Waals surface area contributed by atoms with Gasteiger partial charge < -0.3 is 23.8 Å². The van der Waals surface area contributed by atoms with E-state index in [1.165, 1.54) is 33.6 Å². The third-order valence-corrected chi connectivity index (χ3v) is 12.3. The van der Waals surface area contributed by atoms with Gasteiger partial charge in [-0.05, 0) is 68.3 Å². The zero-order valence-corrected chi connectivity index (χ0v) is 43.0. The molecule has 0 bridgehead atoms. The zero-order chi connectivity index (χ0) is 53.7. The van der Waals surface area contributed by atoms with E-state index in [9.17, 15) is 34.4 Å². The standard InChI is InChI=1S/C23H22F2N6O4S.C22H20F2N6O2.CH3ClO2S.ClH2N/c1-36(32,33)30-9-4-6-16(14-30)35-23-18(25)12-26-22(27-23)20-11-21(19-8-10-34-29-19)31(28-20)13-15-5-2-3-7-17(15)24;23-16-6-2-1-4-14(16)13-30-20(18-7-9-31-29-18)10-19(28-30)21-26-12-17(24)22(27-21)32-15-5-3-8-25-11-15;1-5(2,3)4;1-2/h2-3,5,7-8,10-12,16H,4,6,9,13-14H2,1H3;1-2,4,6-7,9-10,12,15,25H,3,5,8,11,13H2;1H3;2H2. The molecule has 0 aliphatic carbocycles. The minimum atomic E-state index is -3.39. The Morgan fingerprint density at radius 3 is 1.57 bits per heavy atom. The Kier molecular flexibility index (Phi) is 19.0. The van der Waals surface area contributed by atoms with Gasteiger partial charge in [-0.25, -0.2) is 40.8 Å². The number of benzene rings is 2. The molecule has 2 fully saturated rings. The summed E-state index contributed by atoms with van der Waals surface area (Å²) < 4.78 is 126. The first-order valence-corrected chi connectivity index (χ1v) is 27.6. The molecule has 2 saturated heterocycles. The van der Waals surface area contributed by atoms with E-state index in [0.29, 0.717) is 65.5 Å². The van der Waals surface area contributed by atoms with E-state index in [4.69, 9.17) is 18.5 Å². The Morgan fingerprint density at radius 1 is 0.680 bits per heavy atom. The summed E-state index contributed by atoms with van der Waals surface area (Å²) in [4.78, 5) is 16.6. The molecule has 2 aliphatic rings. The Morgan fingerprint density at radius 2 is 1.15 bits per heavy atom. The number of aromatic nitrogens is 10. The largest absolute Gasteiger partial charge is 0.471 e. The maximum atomic E-state index is 14.5. The second-order valence-electron chi connectivity index (χ2n) is 16.6. The van der Waals surface area contributed by atoms with Crippen molar-refractivity contribution in [3.63, 3.8) is 0 Å². The monoisotopic (exact) mass is 1120 g/mol. The maximum absolute atomic E-state index is 14.5. The number of hydrogen-bond acceptors (Lipinski definition) is 18. The number of ether oxygens (including phenoxy) is 2. The van der Waals surface area contributed by atoms with Gasteiger partial charge >= 0.3 is 0 Å². The van der Waals surface area contributed by atoms with Crippen LogP contribution in [0.5, 0.6) is 11.8 Å². The average Bonchev–Trinajstić information content (AvgIpc) is 4.25. The van der Waals surface area contributed by atoms with Gasteiger partial charge in [0.1, 0.15) is 59.1 Å². The van der Waals surface area contributed by atoms with Crippen molar-refractivity contribution in [2.75, 3.05) is 38.7 Å². The predicted molar refractivity (Wildman–Crippen MR) is 266 cm³/mol. The second-order valence-corrected chi connectivity index (χ2v) is 21.6. The molecule has 398 valence electrons. The van der Waals surface area contributed by atoms with Crippen LogP contribution in [0.4, 0.5) is 17.6 Å². The quantitative estimate of drug-likeness (QED) is 0.0678. The van der Waals surface area contributed by atoms with Crippen LogP contribution in [-0.2, 0) is 32.2 Å². The zero-order valence-electron chi connectivity index (χ0n) is 39.8. The van der Waals surface area contributed by atoms with Crippen molar-refractivity contribution < 1.29 is 52.9 Å². The summed E-state index contributed by atoms with van der Waals surface area (Å²) in [7, 11) is -2.08. The lowest BCUT2D eigenvalue weighted by Gasteiger charge is -2.30. The molecule has 0 saturated carbocycles. The lowest BCUT2D eigenvalue weighted by molar-refractivity contribution is 0.119. The summed E-state index contributed by atoms with van der Waals surface area (Å²) in [6, 6.07) is 19.4. The second kappa shape index (κ2) is 25.6. The van der Waals surface area contributed by atoms with E-state index in [1.54, 1.807) is 65.3 Å². The van der Waals surface area contributed by atoms with Gasteiger partial charge in [-0.3, -0.25) is 9.36 Å². The van der Waals surface area contributed by atoms with Gasteiger partial charge in [-0.15, -0.1) is 0 Å². The number of nitrogens with one attached hydrogen (secondary N) is 1. The fraction of sp³-hybridized carbons (Fsp3) is 0.304. The van der Waals surface area contributed by atoms with E-state index in [2.05, 4.69) is 73.5 Å². The summed E-state index contributed by atoms with van der Waals surface area (Å²) in [6.45, 7) is 2.30. The number of sulfonamides is 1. The smallest absolute Gasteiger partial charge is 0.254 e. The van der Waals surface area contributed by atoms with Crippen molar-refractivity contribution in [2.45, 2.75) is 51.0 Å². The third kappa shape index (κ3) is 15.6. The van der Waals surface area contributed by atoms with E-state index >= 15 is 0 Å². The highest BCUT2D eigenvalue weighted by molar-refractivity contribution is 8.13. The van der Waals surface area contributed by atoms with E-state index in [-0.39, 0.29) is 66.5 Å². The van der Waals surface area contributed by atoms with Crippen LogP contribution >= 0.6 is 22.5 Å². The Balaban J connectivity index is 0.000000196. The van der Waals surface area contributed by atoms with Gasteiger partial charge in [0.05, 0.1) is 55.9 Å². The SMILES string of the molecule is CS(=O)(=O)Cl.CS(=O)(=O)N1CCCC(Oc2nc(-c3cc(-c4ccon4)n(Cc4ccccc4F)n3)ncc2F)C1.Fc1ccccc1Cn1nc(-c2ncc(F)c(OC3CCCNC3)n2)cc1-c1ccon1.NCl. The molecule has 8 aromatic rings. The van der Waals surface area contributed by atoms with Gasteiger partial charge in [-0.1, -0.05) is 46.7 Å². The first-order valence-electron chi connectivity index (χ1n) is 22.6. The van der Waals surface area contributed by atoms with Crippen LogP contribution in [0, 0.1) is 23.3 Å². The summed E-state index contributed by atoms with van der Waals surface area (Å²) in [5.41, 5.74) is 3.63. The van der Waals surface area contributed by atoms with Gasteiger partial charge in [-0.2, -0.15) is 33.3 Å². The molecule has 10 rings (SSSR count). The van der Waals surface area contributed by atoms with Crippen LogP contribution in [0.2, 0.25) is 0 Å². The highest BCUT2D eigenvalue weighted by atomic mass is 35.7. The molecule has 0 spiro atoms. The normalized spacial score (nSPS) is 15.9. The molecule has 0 amide bonds. The topological polar surface area (TPSA) is 267 Å². The number of halogens is 6. The molecule has 0 radical (unpaired) electrons. The third-order valence-electron chi connectivity index (χ3n) is 11.0. The molecule has 2 atom stereocenters. The maximum Gasteiger partial charge on any atom is 0.254 e. The Bertz CT molecular complexity index is 3360. The van der Waals surface area contributed by atoms with Crippen LogP contribution in [0.15, 0.2) is 107 Å². The molecule has 21 nitrogen and oxygen atoms in total. The molecule has 29 heteroatoms. The van der Waals surface area contributed by atoms with Crippen molar-refractivity contribution in [1.29, 1.82) is 0 Å². The molecule has 8 heterocycles. The Labute approximate surface area is 436 Å². The molecule has 75 heavy (non-hydrogen) atoms.